The number of carbonyl (C=O) groups is 2. The summed E-state index contributed by atoms with van der Waals surface area (Å²) in [4.78, 5) is 24.6. The fourth-order valence-corrected chi connectivity index (χ4v) is 3.43. The van der Waals surface area contributed by atoms with Gasteiger partial charge < -0.3 is 11.1 Å². The number of rotatable bonds is 5. The van der Waals surface area contributed by atoms with Crippen LogP contribution in [0.2, 0.25) is 0 Å². The number of primary amides is 1. The molecular formula is C16H28N2O2. The van der Waals surface area contributed by atoms with E-state index in [1.54, 1.807) is 0 Å². The Labute approximate surface area is 121 Å². The predicted molar refractivity (Wildman–Crippen MR) is 78.8 cm³/mol. The summed E-state index contributed by atoms with van der Waals surface area (Å²) >= 11 is 0. The molecule has 20 heavy (non-hydrogen) atoms. The molecule has 2 saturated carbocycles. The van der Waals surface area contributed by atoms with E-state index in [0.29, 0.717) is 5.92 Å². The molecule has 0 heterocycles. The molecule has 2 aliphatic carbocycles. The number of hydrogen-bond acceptors (Lipinski definition) is 2. The molecule has 0 aromatic rings. The third-order valence-electron chi connectivity index (χ3n) is 5.01. The Morgan fingerprint density at radius 2 is 1.85 bits per heavy atom. The van der Waals surface area contributed by atoms with Gasteiger partial charge in [0.2, 0.25) is 11.8 Å². The number of amides is 2. The monoisotopic (exact) mass is 280 g/mol. The van der Waals surface area contributed by atoms with Crippen molar-refractivity contribution in [1.82, 2.24) is 5.32 Å². The lowest BCUT2D eigenvalue weighted by molar-refractivity contribution is -0.149. The maximum Gasteiger partial charge on any atom is 0.224 e. The van der Waals surface area contributed by atoms with Crippen molar-refractivity contribution < 1.29 is 9.59 Å². The second kappa shape index (κ2) is 5.38. The fraction of sp³-hybridized carbons (Fsp3) is 0.875. The predicted octanol–water partition coefficient (Wildman–Crippen LogP) is 2.36. The lowest BCUT2D eigenvalue weighted by Gasteiger charge is -2.46. The molecule has 2 fully saturated rings. The average molecular weight is 280 g/mol. The SMILES string of the molecule is CC(C)(C)NC(=O)C(CC1CCC1)C1(C(N)=O)CCC1. The molecule has 0 bridgehead atoms. The van der Waals surface area contributed by atoms with Gasteiger partial charge in [-0.25, -0.2) is 0 Å². The summed E-state index contributed by atoms with van der Waals surface area (Å²) in [5.74, 6) is 0.0980. The minimum Gasteiger partial charge on any atom is -0.369 e. The molecule has 0 spiro atoms. The van der Waals surface area contributed by atoms with E-state index < -0.39 is 5.41 Å². The average Bonchev–Trinajstić information content (AvgIpc) is 2.14. The first-order valence-corrected chi connectivity index (χ1v) is 7.86. The van der Waals surface area contributed by atoms with Crippen molar-refractivity contribution in [3.8, 4) is 0 Å². The molecule has 0 aliphatic heterocycles. The Morgan fingerprint density at radius 3 is 2.15 bits per heavy atom. The van der Waals surface area contributed by atoms with E-state index in [0.717, 1.165) is 25.7 Å². The van der Waals surface area contributed by atoms with Gasteiger partial charge >= 0.3 is 0 Å². The van der Waals surface area contributed by atoms with Gasteiger partial charge in [-0.1, -0.05) is 25.7 Å². The Kier molecular flexibility index (Phi) is 4.12. The number of nitrogens with one attached hydrogen (secondary N) is 1. The molecule has 0 aromatic carbocycles. The van der Waals surface area contributed by atoms with Crippen LogP contribution in [0.3, 0.4) is 0 Å². The van der Waals surface area contributed by atoms with Gasteiger partial charge in [0, 0.05) is 5.54 Å². The van der Waals surface area contributed by atoms with Crippen LogP contribution in [0.25, 0.3) is 0 Å². The Bertz CT molecular complexity index is 390. The second-order valence-electron chi connectivity index (χ2n) is 7.70. The lowest BCUT2D eigenvalue weighted by atomic mass is 9.57. The molecule has 1 unspecified atom stereocenters. The van der Waals surface area contributed by atoms with Gasteiger partial charge in [0.15, 0.2) is 0 Å². The second-order valence-corrected chi connectivity index (χ2v) is 7.70. The number of hydrogen-bond donors (Lipinski definition) is 2. The van der Waals surface area contributed by atoms with Crippen molar-refractivity contribution in [1.29, 1.82) is 0 Å². The van der Waals surface area contributed by atoms with Gasteiger partial charge in [0.1, 0.15) is 0 Å². The first-order chi connectivity index (χ1) is 9.24. The molecule has 2 aliphatic rings. The smallest absolute Gasteiger partial charge is 0.224 e. The summed E-state index contributed by atoms with van der Waals surface area (Å²) in [5.41, 5.74) is 4.81. The summed E-state index contributed by atoms with van der Waals surface area (Å²) in [5, 5.41) is 3.05. The highest BCUT2D eigenvalue weighted by atomic mass is 16.2. The van der Waals surface area contributed by atoms with Crippen LogP contribution in [-0.4, -0.2) is 17.4 Å². The van der Waals surface area contributed by atoms with Crippen LogP contribution in [0.5, 0.6) is 0 Å². The zero-order chi connectivity index (χ0) is 15.0. The molecule has 0 saturated heterocycles. The van der Waals surface area contributed by atoms with Crippen LogP contribution in [0.4, 0.5) is 0 Å². The third-order valence-corrected chi connectivity index (χ3v) is 5.01. The van der Waals surface area contributed by atoms with Crippen molar-refractivity contribution >= 4 is 11.8 Å². The summed E-state index contributed by atoms with van der Waals surface area (Å²) in [7, 11) is 0. The topological polar surface area (TPSA) is 72.2 Å². The molecule has 4 nitrogen and oxygen atoms in total. The Balaban J connectivity index is 2.15. The van der Waals surface area contributed by atoms with Gasteiger partial charge in [-0.15, -0.1) is 0 Å². The van der Waals surface area contributed by atoms with Gasteiger partial charge in [-0.05, 0) is 46.0 Å². The first-order valence-electron chi connectivity index (χ1n) is 7.86. The molecule has 4 heteroatoms. The van der Waals surface area contributed by atoms with Gasteiger partial charge in [0.25, 0.3) is 0 Å². The minimum absolute atomic E-state index is 0.0166. The van der Waals surface area contributed by atoms with E-state index >= 15 is 0 Å². The summed E-state index contributed by atoms with van der Waals surface area (Å²) in [6, 6.07) is 0. The third kappa shape index (κ3) is 2.99. The fourth-order valence-electron chi connectivity index (χ4n) is 3.43. The molecule has 0 radical (unpaired) electrons. The van der Waals surface area contributed by atoms with E-state index in [9.17, 15) is 9.59 Å². The van der Waals surface area contributed by atoms with Crippen molar-refractivity contribution in [2.24, 2.45) is 23.0 Å². The molecule has 2 amide bonds. The molecule has 1 atom stereocenters. The molecule has 0 aromatic heterocycles. The van der Waals surface area contributed by atoms with E-state index in [-0.39, 0.29) is 23.3 Å². The Morgan fingerprint density at radius 1 is 1.25 bits per heavy atom. The summed E-state index contributed by atoms with van der Waals surface area (Å²) in [6.07, 6.45) is 7.01. The Hall–Kier alpha value is -1.06. The van der Waals surface area contributed by atoms with Crippen LogP contribution < -0.4 is 11.1 Å². The van der Waals surface area contributed by atoms with Gasteiger partial charge in [-0.2, -0.15) is 0 Å². The van der Waals surface area contributed by atoms with E-state index in [2.05, 4.69) is 5.32 Å². The van der Waals surface area contributed by atoms with Gasteiger partial charge in [-0.3, -0.25) is 9.59 Å². The maximum absolute atomic E-state index is 12.7. The minimum atomic E-state index is -0.578. The summed E-state index contributed by atoms with van der Waals surface area (Å²) < 4.78 is 0. The highest BCUT2D eigenvalue weighted by Crippen LogP contribution is 2.51. The van der Waals surface area contributed by atoms with Gasteiger partial charge in [0.05, 0.1) is 11.3 Å². The molecule has 3 N–H and O–H groups in total. The van der Waals surface area contributed by atoms with E-state index in [1.165, 1.54) is 19.3 Å². The quantitative estimate of drug-likeness (QED) is 0.811. The largest absolute Gasteiger partial charge is 0.369 e. The zero-order valence-corrected chi connectivity index (χ0v) is 13.0. The van der Waals surface area contributed by atoms with Crippen molar-refractivity contribution in [3.63, 3.8) is 0 Å². The highest BCUT2D eigenvalue weighted by Gasteiger charge is 2.52. The molecule has 2 rings (SSSR count). The first kappa shape index (κ1) is 15.3. The normalized spacial score (nSPS) is 23.4. The molecular weight excluding hydrogens is 252 g/mol. The maximum atomic E-state index is 12.7. The zero-order valence-electron chi connectivity index (χ0n) is 13.0. The van der Waals surface area contributed by atoms with Crippen LogP contribution in [0, 0.1) is 17.3 Å². The molecule has 114 valence electrons. The van der Waals surface area contributed by atoms with Crippen LogP contribution in [-0.2, 0) is 9.59 Å². The van der Waals surface area contributed by atoms with Crippen LogP contribution in [0.15, 0.2) is 0 Å². The van der Waals surface area contributed by atoms with Crippen molar-refractivity contribution in [2.45, 2.75) is 71.3 Å². The van der Waals surface area contributed by atoms with Crippen molar-refractivity contribution in [2.75, 3.05) is 0 Å². The standard InChI is InChI=1S/C16H28N2O2/c1-15(2,3)18-13(19)12(10-11-6-4-7-11)16(14(17)20)8-5-9-16/h11-12H,4-10H2,1-3H3,(H2,17,20)(H,18,19). The summed E-state index contributed by atoms with van der Waals surface area (Å²) in [6.45, 7) is 5.93. The lowest BCUT2D eigenvalue weighted by Crippen LogP contribution is -2.56. The van der Waals surface area contributed by atoms with E-state index in [1.807, 2.05) is 20.8 Å². The van der Waals surface area contributed by atoms with Crippen LogP contribution in [0.1, 0.15) is 65.7 Å². The van der Waals surface area contributed by atoms with E-state index in [4.69, 9.17) is 5.73 Å². The van der Waals surface area contributed by atoms with Crippen molar-refractivity contribution in [3.05, 3.63) is 0 Å². The highest BCUT2D eigenvalue weighted by molar-refractivity contribution is 5.90. The number of nitrogens with two attached hydrogens (primary N) is 1. The van der Waals surface area contributed by atoms with Crippen LogP contribution >= 0.6 is 0 Å². The number of carbonyl (C=O) groups excluding carboxylic acids is 2.